The molecule has 1 fully saturated rings. The predicted octanol–water partition coefficient (Wildman–Crippen LogP) is 4.00. The van der Waals surface area contributed by atoms with Gasteiger partial charge in [-0.05, 0) is 44.0 Å². The quantitative estimate of drug-likeness (QED) is 0.216. The van der Waals surface area contributed by atoms with Crippen LogP contribution in [0.25, 0.3) is 5.52 Å². The van der Waals surface area contributed by atoms with Gasteiger partial charge in [-0.3, -0.25) is 9.32 Å². The Morgan fingerprint density at radius 2 is 2.00 bits per heavy atom. The molecule has 2 aromatic heterocycles. The SMILES string of the molecule is CC(=O)CCc1ccccc1OP(=O)(C[C@@H](C)C(C)=O)OC[C@H]1O[C@@](C#N)(c2ccc3c(N)ncnn23)C(Cl)(Cl)[C@H]1O. The highest BCUT2D eigenvalue weighted by molar-refractivity contribution is 7.54. The number of ether oxygens (including phenoxy) is 1. The third-order valence-corrected chi connectivity index (χ3v) is 10.1. The summed E-state index contributed by atoms with van der Waals surface area (Å²) in [6, 6.07) is 11.7. The van der Waals surface area contributed by atoms with Crippen molar-refractivity contribution in [1.29, 1.82) is 5.26 Å². The maximum absolute atomic E-state index is 14.1. The number of carbonyl (C=O) groups excluding carboxylic acids is 2. The first-order valence-electron chi connectivity index (χ1n) is 13.0. The van der Waals surface area contributed by atoms with Crippen LogP contribution in [0.4, 0.5) is 5.82 Å². The Labute approximate surface area is 252 Å². The van der Waals surface area contributed by atoms with Crippen LogP contribution in [0.3, 0.4) is 0 Å². The van der Waals surface area contributed by atoms with Gasteiger partial charge in [0.25, 0.3) is 0 Å². The zero-order valence-corrected chi connectivity index (χ0v) is 25.5. The van der Waals surface area contributed by atoms with Crippen LogP contribution in [-0.4, -0.2) is 60.6 Å². The number of alkyl halides is 2. The van der Waals surface area contributed by atoms with Crippen molar-refractivity contribution >= 4 is 53.7 Å². The van der Waals surface area contributed by atoms with E-state index < -0.39 is 42.3 Å². The number of hydrogen-bond acceptors (Lipinski definition) is 11. The summed E-state index contributed by atoms with van der Waals surface area (Å²) in [5.41, 5.74) is 4.81. The molecule has 1 aliphatic rings. The fourth-order valence-corrected chi connectivity index (χ4v) is 7.23. The molecule has 42 heavy (non-hydrogen) atoms. The van der Waals surface area contributed by atoms with E-state index in [-0.39, 0.29) is 41.4 Å². The van der Waals surface area contributed by atoms with E-state index in [1.807, 2.05) is 6.07 Å². The smallest absolute Gasteiger partial charge is 0.380 e. The third-order valence-electron chi connectivity index (χ3n) is 7.10. The minimum absolute atomic E-state index is 0.0293. The van der Waals surface area contributed by atoms with Crippen LogP contribution < -0.4 is 10.3 Å². The highest BCUT2D eigenvalue weighted by atomic mass is 35.5. The molecule has 1 aromatic carbocycles. The fraction of sp³-hybridized carbons (Fsp3) is 0.444. The number of aryl methyl sites for hydroxylation is 1. The summed E-state index contributed by atoms with van der Waals surface area (Å²) in [6.07, 6.45) is -1.60. The monoisotopic (exact) mass is 637 g/mol. The second-order valence-electron chi connectivity index (χ2n) is 10.2. The standard InChI is InChI=1S/C27H30Cl2N5O7P/c1-16(18(3)36)13-42(38,41-21-7-5-4-6-19(21)9-8-17(2)35)39-12-22-24(37)27(28,29)26(14-30,40-22)23-11-10-20-25(31)32-15-33-34(20)23/h4-7,10-11,15-16,22,24,37H,8-9,12-13H2,1-3H3,(H2,31,32,33)/t16-,22-,24+,26+,42?/m1/s1. The maximum Gasteiger partial charge on any atom is 0.380 e. The van der Waals surface area contributed by atoms with E-state index in [1.165, 1.54) is 30.8 Å². The van der Waals surface area contributed by atoms with Gasteiger partial charge in [-0.25, -0.2) is 14.1 Å². The van der Waals surface area contributed by atoms with Crippen LogP contribution in [0.5, 0.6) is 5.75 Å². The van der Waals surface area contributed by atoms with Gasteiger partial charge in [0.2, 0.25) is 5.60 Å². The van der Waals surface area contributed by atoms with Crippen LogP contribution in [0.2, 0.25) is 0 Å². The molecule has 0 radical (unpaired) electrons. The molecule has 5 atom stereocenters. The van der Waals surface area contributed by atoms with Crippen molar-refractivity contribution in [2.24, 2.45) is 5.92 Å². The van der Waals surface area contributed by atoms with Crippen LogP contribution in [0.15, 0.2) is 42.7 Å². The van der Waals surface area contributed by atoms with E-state index in [1.54, 1.807) is 37.3 Å². The zero-order chi connectivity index (χ0) is 30.9. The van der Waals surface area contributed by atoms with Gasteiger partial charge in [0, 0.05) is 12.3 Å². The van der Waals surface area contributed by atoms with Gasteiger partial charge in [0.05, 0.1) is 18.5 Å². The highest BCUT2D eigenvalue weighted by Crippen LogP contribution is 2.56. The first-order valence-corrected chi connectivity index (χ1v) is 15.5. The molecule has 0 saturated carbocycles. The molecule has 0 bridgehead atoms. The predicted molar refractivity (Wildman–Crippen MR) is 154 cm³/mol. The van der Waals surface area contributed by atoms with Gasteiger partial charge in [0.15, 0.2) is 10.2 Å². The first kappa shape index (κ1) is 31.9. The fourth-order valence-electron chi connectivity index (χ4n) is 4.57. The summed E-state index contributed by atoms with van der Waals surface area (Å²) in [6.45, 7) is 3.84. The van der Waals surface area contributed by atoms with Gasteiger partial charge in [-0.15, -0.1) is 0 Å². The molecule has 0 aliphatic carbocycles. The van der Waals surface area contributed by atoms with E-state index in [0.717, 1.165) is 0 Å². The van der Waals surface area contributed by atoms with Crippen molar-refractivity contribution in [2.45, 2.75) is 55.8 Å². The second-order valence-corrected chi connectivity index (χ2v) is 13.6. The van der Waals surface area contributed by atoms with Gasteiger partial charge >= 0.3 is 7.60 Å². The minimum Gasteiger partial charge on any atom is -0.424 e. The molecule has 4 rings (SSSR count). The first-order chi connectivity index (χ1) is 19.7. The molecular formula is C27H30Cl2N5O7P. The minimum atomic E-state index is -4.11. The van der Waals surface area contributed by atoms with E-state index >= 15 is 0 Å². The molecular weight excluding hydrogens is 608 g/mol. The van der Waals surface area contributed by atoms with Crippen LogP contribution >= 0.6 is 30.8 Å². The number of nitriles is 1. The number of halogens is 2. The lowest BCUT2D eigenvalue weighted by atomic mass is 9.94. The lowest BCUT2D eigenvalue weighted by Crippen LogP contribution is -2.45. The number of para-hydroxylation sites is 1. The molecule has 3 N–H and O–H groups in total. The Balaban J connectivity index is 1.64. The number of anilines is 1. The average Bonchev–Trinajstić information content (AvgIpc) is 3.45. The van der Waals surface area contributed by atoms with Crippen molar-refractivity contribution in [3.05, 3.63) is 54.0 Å². The summed E-state index contributed by atoms with van der Waals surface area (Å²) in [4.78, 5) is 27.6. The number of rotatable bonds is 12. The number of benzene rings is 1. The number of aliphatic hydroxyl groups is 1. The number of nitrogen functional groups attached to an aromatic ring is 1. The largest absolute Gasteiger partial charge is 0.424 e. The molecule has 3 heterocycles. The highest BCUT2D eigenvalue weighted by Gasteiger charge is 2.67. The van der Waals surface area contributed by atoms with Crippen molar-refractivity contribution in [3.8, 4) is 11.8 Å². The summed E-state index contributed by atoms with van der Waals surface area (Å²) < 4.78 is 30.9. The molecule has 0 spiro atoms. The number of carbonyl (C=O) groups is 2. The number of fused-ring (bicyclic) bond motifs is 1. The summed E-state index contributed by atoms with van der Waals surface area (Å²) >= 11 is 13.2. The summed E-state index contributed by atoms with van der Waals surface area (Å²) in [7, 11) is -4.11. The lowest BCUT2D eigenvalue weighted by Gasteiger charge is -2.30. The number of nitrogens with zero attached hydrogens (tertiary/aromatic N) is 4. The Morgan fingerprint density at radius 3 is 2.67 bits per heavy atom. The number of aromatic nitrogens is 3. The molecule has 1 saturated heterocycles. The average molecular weight is 638 g/mol. The van der Waals surface area contributed by atoms with Crippen LogP contribution in [0.1, 0.15) is 38.4 Å². The Morgan fingerprint density at radius 1 is 1.29 bits per heavy atom. The number of aliphatic hydroxyl groups excluding tert-OH is 1. The Bertz CT molecular complexity index is 1590. The third kappa shape index (κ3) is 6.04. The van der Waals surface area contributed by atoms with Crippen molar-refractivity contribution in [3.63, 3.8) is 0 Å². The number of ketones is 2. The van der Waals surface area contributed by atoms with Gasteiger partial charge < -0.3 is 24.9 Å². The summed E-state index contributed by atoms with van der Waals surface area (Å²) in [5, 5.41) is 25.5. The Hall–Kier alpha value is -3.04. The molecule has 12 nitrogen and oxygen atoms in total. The van der Waals surface area contributed by atoms with Gasteiger partial charge in [0.1, 0.15) is 47.4 Å². The molecule has 15 heteroatoms. The van der Waals surface area contributed by atoms with Crippen molar-refractivity contribution < 1.29 is 33.0 Å². The van der Waals surface area contributed by atoms with Crippen LogP contribution in [-0.2, 0) is 35.4 Å². The van der Waals surface area contributed by atoms with E-state index in [9.17, 15) is 24.5 Å². The topological polar surface area (TPSA) is 179 Å². The normalized spacial score (nSPS) is 23.6. The summed E-state index contributed by atoms with van der Waals surface area (Å²) in [5.74, 6) is -0.629. The zero-order valence-electron chi connectivity index (χ0n) is 23.1. The van der Waals surface area contributed by atoms with Gasteiger partial charge in [-0.1, -0.05) is 48.3 Å². The maximum atomic E-state index is 14.1. The lowest BCUT2D eigenvalue weighted by molar-refractivity contribution is -0.120. The van der Waals surface area contributed by atoms with Crippen molar-refractivity contribution in [2.75, 3.05) is 18.5 Å². The molecule has 1 aliphatic heterocycles. The molecule has 0 amide bonds. The second kappa shape index (κ2) is 12.3. The number of nitrogens with two attached hydrogens (primary N) is 1. The van der Waals surface area contributed by atoms with E-state index in [2.05, 4.69) is 10.1 Å². The van der Waals surface area contributed by atoms with E-state index in [4.69, 9.17) is 42.7 Å². The number of hydrogen-bond donors (Lipinski definition) is 2. The Kier molecular flexibility index (Phi) is 9.33. The molecule has 3 aromatic rings. The molecule has 1 unspecified atom stereocenters. The van der Waals surface area contributed by atoms with Crippen LogP contribution in [0, 0.1) is 17.2 Å². The molecule has 224 valence electrons. The van der Waals surface area contributed by atoms with Gasteiger partial charge in [-0.2, -0.15) is 10.4 Å². The number of Topliss-reactive ketones (excluding diaryl/α,β-unsaturated/α-hetero) is 2. The van der Waals surface area contributed by atoms with Crippen molar-refractivity contribution in [1.82, 2.24) is 14.6 Å². The van der Waals surface area contributed by atoms with E-state index in [0.29, 0.717) is 17.5 Å².